The summed E-state index contributed by atoms with van der Waals surface area (Å²) in [5, 5.41) is 17.7. The molecule has 1 rings (SSSR count). The number of carboxylic acids is 1. The first-order valence-corrected chi connectivity index (χ1v) is 3.97. The zero-order chi connectivity index (χ0) is 10.7. The molecule has 0 fully saturated rings. The fourth-order valence-corrected chi connectivity index (χ4v) is 1.06. The summed E-state index contributed by atoms with van der Waals surface area (Å²) < 4.78 is 13.1. The second-order valence-corrected chi connectivity index (χ2v) is 2.89. The SMILES string of the molecule is NC(Cc1c(O)cccc1F)C(=O)O. The van der Waals surface area contributed by atoms with E-state index in [4.69, 9.17) is 10.8 Å². The third kappa shape index (κ3) is 2.20. The van der Waals surface area contributed by atoms with Crippen molar-refractivity contribution >= 4 is 5.97 Å². The van der Waals surface area contributed by atoms with Gasteiger partial charge in [-0.1, -0.05) is 6.07 Å². The second kappa shape index (κ2) is 4.06. The van der Waals surface area contributed by atoms with Crippen LogP contribution in [0.4, 0.5) is 4.39 Å². The fourth-order valence-electron chi connectivity index (χ4n) is 1.06. The third-order valence-corrected chi connectivity index (χ3v) is 1.84. The predicted octanol–water partition coefficient (Wildman–Crippen LogP) is 0.486. The Morgan fingerprint density at radius 1 is 1.57 bits per heavy atom. The van der Waals surface area contributed by atoms with E-state index in [1.807, 2.05) is 0 Å². The highest BCUT2D eigenvalue weighted by Crippen LogP contribution is 2.20. The standard InChI is InChI=1S/C9H10FNO3/c10-6-2-1-3-8(12)5(6)4-7(11)9(13)14/h1-3,7,12H,4,11H2,(H,13,14). The van der Waals surface area contributed by atoms with E-state index in [1.54, 1.807) is 0 Å². The second-order valence-electron chi connectivity index (χ2n) is 2.89. The van der Waals surface area contributed by atoms with Gasteiger partial charge in [0.25, 0.3) is 0 Å². The molecule has 0 aromatic heterocycles. The van der Waals surface area contributed by atoms with E-state index in [0.717, 1.165) is 6.07 Å². The summed E-state index contributed by atoms with van der Waals surface area (Å²) in [6.45, 7) is 0. The summed E-state index contributed by atoms with van der Waals surface area (Å²) in [6.07, 6.45) is -0.228. The molecule has 0 saturated carbocycles. The van der Waals surface area contributed by atoms with Gasteiger partial charge in [-0.25, -0.2) is 4.39 Å². The van der Waals surface area contributed by atoms with Crippen molar-refractivity contribution in [2.24, 2.45) is 5.73 Å². The lowest BCUT2D eigenvalue weighted by Gasteiger charge is -2.08. The number of hydrogen-bond donors (Lipinski definition) is 3. The number of phenolic OH excluding ortho intramolecular Hbond substituents is 1. The van der Waals surface area contributed by atoms with Crippen LogP contribution in [0, 0.1) is 5.82 Å². The number of aromatic hydroxyl groups is 1. The van der Waals surface area contributed by atoms with Gasteiger partial charge in [0.1, 0.15) is 17.6 Å². The molecule has 1 aromatic rings. The summed E-state index contributed by atoms with van der Waals surface area (Å²) in [5.41, 5.74) is 5.14. The molecular weight excluding hydrogens is 189 g/mol. The van der Waals surface area contributed by atoms with Crippen LogP contribution in [0.3, 0.4) is 0 Å². The van der Waals surface area contributed by atoms with Gasteiger partial charge in [-0.3, -0.25) is 4.79 Å². The van der Waals surface area contributed by atoms with Crippen molar-refractivity contribution in [1.29, 1.82) is 0 Å². The van der Waals surface area contributed by atoms with Crippen molar-refractivity contribution in [3.05, 3.63) is 29.6 Å². The van der Waals surface area contributed by atoms with Gasteiger partial charge < -0.3 is 15.9 Å². The van der Waals surface area contributed by atoms with Crippen LogP contribution in [0.5, 0.6) is 5.75 Å². The summed E-state index contributed by atoms with van der Waals surface area (Å²) in [5.74, 6) is -2.16. The molecule has 0 radical (unpaired) electrons. The number of carbonyl (C=O) groups is 1. The lowest BCUT2D eigenvalue weighted by molar-refractivity contribution is -0.138. The maximum Gasteiger partial charge on any atom is 0.320 e. The van der Waals surface area contributed by atoms with E-state index < -0.39 is 17.8 Å². The summed E-state index contributed by atoms with van der Waals surface area (Å²) >= 11 is 0. The number of halogens is 1. The van der Waals surface area contributed by atoms with Gasteiger partial charge in [-0.2, -0.15) is 0 Å². The van der Waals surface area contributed by atoms with Crippen LogP contribution in [0.15, 0.2) is 18.2 Å². The predicted molar refractivity (Wildman–Crippen MR) is 47.4 cm³/mol. The van der Waals surface area contributed by atoms with Gasteiger partial charge in [0.15, 0.2) is 0 Å². The molecule has 4 N–H and O–H groups in total. The first-order chi connectivity index (χ1) is 6.52. The molecule has 0 aliphatic heterocycles. The van der Waals surface area contributed by atoms with Crippen LogP contribution in [-0.4, -0.2) is 22.2 Å². The van der Waals surface area contributed by atoms with Gasteiger partial charge in [0.05, 0.1) is 0 Å². The Kier molecular flexibility index (Phi) is 3.03. The van der Waals surface area contributed by atoms with Crippen molar-refractivity contribution in [3.8, 4) is 5.75 Å². The highest BCUT2D eigenvalue weighted by Gasteiger charge is 2.17. The molecule has 1 atom stereocenters. The van der Waals surface area contributed by atoms with Crippen molar-refractivity contribution in [3.63, 3.8) is 0 Å². The van der Waals surface area contributed by atoms with Gasteiger partial charge in [-0.15, -0.1) is 0 Å². The van der Waals surface area contributed by atoms with E-state index in [0.29, 0.717) is 0 Å². The van der Waals surface area contributed by atoms with Crippen LogP contribution in [-0.2, 0) is 11.2 Å². The molecule has 0 spiro atoms. The average molecular weight is 199 g/mol. The molecule has 1 unspecified atom stereocenters. The minimum absolute atomic E-state index is 0.0672. The smallest absolute Gasteiger partial charge is 0.320 e. The van der Waals surface area contributed by atoms with Gasteiger partial charge >= 0.3 is 5.97 Å². The molecule has 5 heteroatoms. The molecule has 0 saturated heterocycles. The zero-order valence-corrected chi connectivity index (χ0v) is 7.27. The molecule has 0 bridgehead atoms. The molecule has 4 nitrogen and oxygen atoms in total. The third-order valence-electron chi connectivity index (χ3n) is 1.84. The Labute approximate surface area is 79.8 Å². The summed E-state index contributed by atoms with van der Waals surface area (Å²) in [6, 6.07) is 2.55. The highest BCUT2D eigenvalue weighted by molar-refractivity contribution is 5.73. The van der Waals surface area contributed by atoms with Crippen LogP contribution in [0.25, 0.3) is 0 Å². The number of hydrogen-bond acceptors (Lipinski definition) is 3. The minimum atomic E-state index is -1.23. The lowest BCUT2D eigenvalue weighted by atomic mass is 10.1. The van der Waals surface area contributed by atoms with Crippen molar-refractivity contribution in [1.82, 2.24) is 0 Å². The Hall–Kier alpha value is -1.62. The maximum atomic E-state index is 13.1. The Bertz CT molecular complexity index is 334. The molecule has 1 aromatic carbocycles. The van der Waals surface area contributed by atoms with E-state index >= 15 is 0 Å². The molecule has 0 aliphatic carbocycles. The Balaban J connectivity index is 2.91. The highest BCUT2D eigenvalue weighted by atomic mass is 19.1. The Morgan fingerprint density at radius 2 is 2.21 bits per heavy atom. The summed E-state index contributed by atoms with van der Waals surface area (Å²) in [7, 11) is 0. The molecular formula is C9H10FNO3. The van der Waals surface area contributed by atoms with Gasteiger partial charge in [-0.05, 0) is 12.1 Å². The van der Waals surface area contributed by atoms with Crippen LogP contribution < -0.4 is 5.73 Å². The van der Waals surface area contributed by atoms with Crippen molar-refractivity contribution < 1.29 is 19.4 Å². The minimum Gasteiger partial charge on any atom is -0.508 e. The van der Waals surface area contributed by atoms with E-state index in [-0.39, 0.29) is 17.7 Å². The topological polar surface area (TPSA) is 83.5 Å². The monoisotopic (exact) mass is 199 g/mol. The fraction of sp³-hybridized carbons (Fsp3) is 0.222. The molecule has 0 aliphatic rings. The maximum absolute atomic E-state index is 13.1. The number of phenols is 1. The molecule has 0 amide bonds. The van der Waals surface area contributed by atoms with Gasteiger partial charge in [0.2, 0.25) is 0 Å². The molecule has 76 valence electrons. The molecule has 14 heavy (non-hydrogen) atoms. The molecule has 0 heterocycles. The first kappa shape index (κ1) is 10.5. The number of carboxylic acid groups (broad SMARTS) is 1. The zero-order valence-electron chi connectivity index (χ0n) is 7.27. The van der Waals surface area contributed by atoms with E-state index in [2.05, 4.69) is 0 Å². The van der Waals surface area contributed by atoms with Crippen molar-refractivity contribution in [2.45, 2.75) is 12.5 Å². The number of rotatable bonds is 3. The number of benzene rings is 1. The summed E-state index contributed by atoms with van der Waals surface area (Å²) in [4.78, 5) is 10.4. The van der Waals surface area contributed by atoms with Crippen LogP contribution in [0.1, 0.15) is 5.56 Å². The lowest BCUT2D eigenvalue weighted by Crippen LogP contribution is -2.32. The number of nitrogens with two attached hydrogens (primary N) is 1. The van der Waals surface area contributed by atoms with Crippen LogP contribution in [0.2, 0.25) is 0 Å². The van der Waals surface area contributed by atoms with Crippen molar-refractivity contribution in [2.75, 3.05) is 0 Å². The Morgan fingerprint density at radius 3 is 2.71 bits per heavy atom. The van der Waals surface area contributed by atoms with E-state index in [1.165, 1.54) is 12.1 Å². The normalized spacial score (nSPS) is 12.4. The van der Waals surface area contributed by atoms with E-state index in [9.17, 15) is 14.3 Å². The quantitative estimate of drug-likeness (QED) is 0.661. The van der Waals surface area contributed by atoms with Gasteiger partial charge in [0, 0.05) is 12.0 Å². The van der Waals surface area contributed by atoms with Crippen LogP contribution >= 0.6 is 0 Å². The average Bonchev–Trinajstić information content (AvgIpc) is 2.11. The number of aliphatic carboxylic acids is 1. The largest absolute Gasteiger partial charge is 0.508 e. The first-order valence-electron chi connectivity index (χ1n) is 3.97.